The van der Waals surface area contributed by atoms with E-state index < -0.39 is 0 Å². The molecule has 0 fully saturated rings. The van der Waals surface area contributed by atoms with Crippen LogP contribution >= 0.6 is 0 Å². The summed E-state index contributed by atoms with van der Waals surface area (Å²) in [6.07, 6.45) is 3.98. The summed E-state index contributed by atoms with van der Waals surface area (Å²) in [5.74, 6) is 1.54. The van der Waals surface area contributed by atoms with Crippen LogP contribution in [0.25, 0.3) is 22.8 Å². The van der Waals surface area contributed by atoms with Crippen LogP contribution in [-0.2, 0) is 19.5 Å². The number of hydrogen-bond donors (Lipinski definition) is 2. The van der Waals surface area contributed by atoms with E-state index in [1.54, 1.807) is 36.7 Å². The summed E-state index contributed by atoms with van der Waals surface area (Å²) < 4.78 is 18.4. The number of nitrogens with zero attached hydrogens (tertiary/aromatic N) is 3. The SMILES string of the molecule is O=c1[nH]c(-c2ccco2)nc2c1CN(Cc1ncc(-c3ccc(F)cc3)[nH]1)CC2. The standard InChI is InChI=1S/C21H18FN5O2/c22-14-5-3-13(4-6-14)17-10-23-19(24-17)12-27-8-7-16-15(11-27)21(28)26-20(25-16)18-2-1-9-29-18/h1-6,9-10H,7-8,11-12H2,(H,23,24)(H,25,26,28). The van der Waals surface area contributed by atoms with Crippen LogP contribution in [0.1, 0.15) is 17.1 Å². The highest BCUT2D eigenvalue weighted by Gasteiger charge is 2.22. The Balaban J connectivity index is 1.33. The molecule has 0 saturated carbocycles. The molecule has 1 aliphatic rings. The van der Waals surface area contributed by atoms with Crippen molar-refractivity contribution in [3.8, 4) is 22.8 Å². The van der Waals surface area contributed by atoms with Gasteiger partial charge in [0.2, 0.25) is 0 Å². The first-order valence-electron chi connectivity index (χ1n) is 9.34. The molecular weight excluding hydrogens is 373 g/mol. The number of nitrogens with one attached hydrogen (secondary N) is 2. The minimum atomic E-state index is -0.269. The maximum Gasteiger partial charge on any atom is 0.256 e. The Morgan fingerprint density at radius 1 is 1.17 bits per heavy atom. The van der Waals surface area contributed by atoms with Crippen LogP contribution in [0.5, 0.6) is 0 Å². The Morgan fingerprint density at radius 2 is 2.03 bits per heavy atom. The van der Waals surface area contributed by atoms with E-state index in [1.807, 2.05) is 0 Å². The van der Waals surface area contributed by atoms with Crippen LogP contribution in [0.2, 0.25) is 0 Å². The molecule has 0 atom stereocenters. The van der Waals surface area contributed by atoms with E-state index in [0.717, 1.165) is 29.3 Å². The molecule has 0 amide bonds. The molecule has 4 aromatic rings. The number of aromatic amines is 2. The van der Waals surface area contributed by atoms with Crippen LogP contribution in [0.4, 0.5) is 4.39 Å². The van der Waals surface area contributed by atoms with E-state index in [4.69, 9.17) is 4.42 Å². The number of rotatable bonds is 4. The van der Waals surface area contributed by atoms with Crippen molar-refractivity contribution < 1.29 is 8.81 Å². The highest BCUT2D eigenvalue weighted by molar-refractivity contribution is 5.58. The Bertz CT molecular complexity index is 1190. The normalized spacial score (nSPS) is 14.1. The molecule has 7 nitrogen and oxygen atoms in total. The van der Waals surface area contributed by atoms with Gasteiger partial charge >= 0.3 is 0 Å². The smallest absolute Gasteiger partial charge is 0.256 e. The van der Waals surface area contributed by atoms with Crippen molar-refractivity contribution in [2.24, 2.45) is 0 Å². The van der Waals surface area contributed by atoms with Crippen molar-refractivity contribution in [1.29, 1.82) is 0 Å². The van der Waals surface area contributed by atoms with E-state index in [2.05, 4.69) is 24.8 Å². The minimum Gasteiger partial charge on any atom is -0.461 e. The van der Waals surface area contributed by atoms with Crippen molar-refractivity contribution in [2.75, 3.05) is 6.54 Å². The molecule has 0 saturated heterocycles. The van der Waals surface area contributed by atoms with Gasteiger partial charge in [-0.2, -0.15) is 0 Å². The number of imidazole rings is 1. The zero-order valence-corrected chi connectivity index (χ0v) is 15.5. The first-order valence-corrected chi connectivity index (χ1v) is 9.34. The number of furan rings is 1. The topological polar surface area (TPSA) is 90.8 Å². The summed E-state index contributed by atoms with van der Waals surface area (Å²) in [5.41, 5.74) is 3.05. The fourth-order valence-electron chi connectivity index (χ4n) is 3.58. The fourth-order valence-corrected chi connectivity index (χ4v) is 3.58. The highest BCUT2D eigenvalue weighted by atomic mass is 19.1. The van der Waals surface area contributed by atoms with E-state index >= 15 is 0 Å². The van der Waals surface area contributed by atoms with Gasteiger partial charge in [-0.15, -0.1) is 0 Å². The van der Waals surface area contributed by atoms with Gasteiger partial charge < -0.3 is 14.4 Å². The fraction of sp³-hybridized carbons (Fsp3) is 0.190. The molecule has 3 aromatic heterocycles. The number of benzene rings is 1. The lowest BCUT2D eigenvalue weighted by Crippen LogP contribution is -2.35. The quantitative estimate of drug-likeness (QED) is 0.558. The van der Waals surface area contributed by atoms with Crippen LogP contribution in [0.15, 0.2) is 58.1 Å². The predicted molar refractivity (Wildman–Crippen MR) is 104 cm³/mol. The number of hydrogen-bond acceptors (Lipinski definition) is 5. The molecule has 1 aromatic carbocycles. The maximum absolute atomic E-state index is 13.1. The van der Waals surface area contributed by atoms with Crippen molar-refractivity contribution >= 4 is 0 Å². The van der Waals surface area contributed by atoms with Crippen LogP contribution in [0, 0.1) is 5.82 Å². The van der Waals surface area contributed by atoms with Crippen molar-refractivity contribution in [3.05, 3.63) is 82.1 Å². The zero-order valence-electron chi connectivity index (χ0n) is 15.5. The monoisotopic (exact) mass is 391 g/mol. The third-order valence-corrected chi connectivity index (χ3v) is 5.06. The summed E-state index contributed by atoms with van der Waals surface area (Å²) in [4.78, 5) is 29.8. The second kappa shape index (κ2) is 7.14. The van der Waals surface area contributed by atoms with Crippen molar-refractivity contribution in [3.63, 3.8) is 0 Å². The number of fused-ring (bicyclic) bond motifs is 1. The average Bonchev–Trinajstić information content (AvgIpc) is 3.41. The number of H-pyrrole nitrogens is 2. The third-order valence-electron chi connectivity index (χ3n) is 5.06. The molecule has 0 spiro atoms. The molecule has 1 aliphatic heterocycles. The van der Waals surface area contributed by atoms with Crippen LogP contribution < -0.4 is 5.56 Å². The zero-order chi connectivity index (χ0) is 19.8. The number of halogens is 1. The van der Waals surface area contributed by atoms with Gasteiger partial charge in [0, 0.05) is 19.5 Å². The van der Waals surface area contributed by atoms with Gasteiger partial charge in [-0.05, 0) is 42.0 Å². The summed E-state index contributed by atoms with van der Waals surface area (Å²) in [6, 6.07) is 9.81. The minimum absolute atomic E-state index is 0.141. The third kappa shape index (κ3) is 3.50. The molecule has 5 rings (SSSR count). The second-order valence-electron chi connectivity index (χ2n) is 7.03. The molecular formula is C21H18FN5O2. The molecule has 4 heterocycles. The van der Waals surface area contributed by atoms with Gasteiger partial charge in [0.05, 0.1) is 36.0 Å². The largest absolute Gasteiger partial charge is 0.461 e. The molecule has 0 aliphatic carbocycles. The van der Waals surface area contributed by atoms with Gasteiger partial charge in [-0.1, -0.05) is 0 Å². The van der Waals surface area contributed by atoms with Crippen LogP contribution in [0.3, 0.4) is 0 Å². The second-order valence-corrected chi connectivity index (χ2v) is 7.03. The molecule has 2 N–H and O–H groups in total. The van der Waals surface area contributed by atoms with Crippen molar-refractivity contribution in [1.82, 2.24) is 24.8 Å². The average molecular weight is 391 g/mol. The van der Waals surface area contributed by atoms with Gasteiger partial charge in [-0.3, -0.25) is 9.69 Å². The van der Waals surface area contributed by atoms with Gasteiger partial charge in [0.25, 0.3) is 5.56 Å². The van der Waals surface area contributed by atoms with E-state index in [1.165, 1.54) is 12.1 Å². The van der Waals surface area contributed by atoms with Gasteiger partial charge in [0.15, 0.2) is 11.6 Å². The van der Waals surface area contributed by atoms with Gasteiger partial charge in [0.1, 0.15) is 11.6 Å². The lowest BCUT2D eigenvalue weighted by atomic mass is 10.1. The Hall–Kier alpha value is -3.52. The maximum atomic E-state index is 13.1. The summed E-state index contributed by atoms with van der Waals surface area (Å²) in [5, 5.41) is 0. The van der Waals surface area contributed by atoms with Gasteiger partial charge in [-0.25, -0.2) is 14.4 Å². The Morgan fingerprint density at radius 3 is 2.83 bits per heavy atom. The molecule has 146 valence electrons. The summed E-state index contributed by atoms with van der Waals surface area (Å²) in [6.45, 7) is 1.86. The Labute approximate surface area is 165 Å². The summed E-state index contributed by atoms with van der Waals surface area (Å²) in [7, 11) is 0. The lowest BCUT2D eigenvalue weighted by molar-refractivity contribution is 0.236. The van der Waals surface area contributed by atoms with E-state index in [9.17, 15) is 9.18 Å². The van der Waals surface area contributed by atoms with E-state index in [0.29, 0.717) is 36.7 Å². The predicted octanol–water partition coefficient (Wildman–Crippen LogP) is 3.12. The van der Waals surface area contributed by atoms with E-state index in [-0.39, 0.29) is 11.4 Å². The molecule has 29 heavy (non-hydrogen) atoms. The first kappa shape index (κ1) is 17.6. The number of aromatic nitrogens is 4. The Kier molecular flexibility index (Phi) is 4.33. The highest BCUT2D eigenvalue weighted by Crippen LogP contribution is 2.21. The molecule has 0 radical (unpaired) electrons. The summed E-state index contributed by atoms with van der Waals surface area (Å²) >= 11 is 0. The molecule has 0 unspecified atom stereocenters. The lowest BCUT2D eigenvalue weighted by Gasteiger charge is -2.26. The first-order chi connectivity index (χ1) is 14.2. The van der Waals surface area contributed by atoms with Crippen LogP contribution in [-0.4, -0.2) is 31.4 Å². The molecule has 0 bridgehead atoms. The van der Waals surface area contributed by atoms with Crippen molar-refractivity contribution in [2.45, 2.75) is 19.5 Å². The molecule has 8 heteroatoms.